The molecule has 0 bridgehead atoms. The summed E-state index contributed by atoms with van der Waals surface area (Å²) in [6.45, 7) is 0.279. The summed E-state index contributed by atoms with van der Waals surface area (Å²) in [4.78, 5) is 3.91. The predicted molar refractivity (Wildman–Crippen MR) is 208 cm³/mol. The molecule has 240 valence electrons. The average molecular weight is 780 g/mol. The second kappa shape index (κ2) is 21.6. The van der Waals surface area contributed by atoms with Crippen LogP contribution in [0.25, 0.3) is 5.73 Å². The maximum atomic E-state index is 6.88. The number of nitrogens with zero attached hydrogens (tertiary/aromatic N) is 1. The molecule has 0 saturated carbocycles. The minimum absolute atomic E-state index is 0.279. The van der Waals surface area contributed by atoms with Crippen LogP contribution in [0.15, 0.2) is 194 Å². The molecule has 47 heavy (non-hydrogen) atoms. The summed E-state index contributed by atoms with van der Waals surface area (Å²) >= 11 is -0.346. The maximum Gasteiger partial charge on any atom is 0.0908 e. The van der Waals surface area contributed by atoms with E-state index in [0.29, 0.717) is 0 Å². The van der Waals surface area contributed by atoms with Gasteiger partial charge < -0.3 is 5.73 Å². The molecule has 2 nitrogen and oxygen atoms in total. The number of hydrogen-bond acceptors (Lipinski definition) is 1. The van der Waals surface area contributed by atoms with E-state index in [4.69, 9.17) is 25.1 Å². The molecule has 1 N–H and O–H groups in total. The Morgan fingerprint density at radius 2 is 0.766 bits per heavy atom. The van der Waals surface area contributed by atoms with Crippen LogP contribution in [0.1, 0.15) is 5.69 Å². The normalized spacial score (nSPS) is 10.2. The van der Waals surface area contributed by atoms with Crippen LogP contribution in [-0.2, 0) is 21.7 Å². The number of pyridine rings is 1. The Morgan fingerprint density at radius 3 is 1.00 bits per heavy atom. The van der Waals surface area contributed by atoms with Crippen LogP contribution >= 0.6 is 35.2 Å². The molecule has 0 amide bonds. The zero-order valence-electron chi connectivity index (χ0n) is 25.7. The van der Waals surface area contributed by atoms with Crippen LogP contribution in [0, 0.1) is 0 Å². The molecule has 0 saturated heterocycles. The van der Waals surface area contributed by atoms with Crippen molar-refractivity contribution in [3.8, 4) is 0 Å². The van der Waals surface area contributed by atoms with Gasteiger partial charge in [0.2, 0.25) is 0 Å². The van der Waals surface area contributed by atoms with Gasteiger partial charge in [-0.1, -0.05) is 78.9 Å². The molecule has 0 aliphatic carbocycles. The van der Waals surface area contributed by atoms with Gasteiger partial charge in [-0.05, 0) is 71.3 Å². The first-order valence-corrected chi connectivity index (χ1v) is 22.5. The van der Waals surface area contributed by atoms with Gasteiger partial charge in [0.15, 0.2) is 0 Å². The van der Waals surface area contributed by atoms with E-state index in [0.717, 1.165) is 5.69 Å². The molecule has 0 atom stereocenters. The van der Waals surface area contributed by atoms with Crippen molar-refractivity contribution in [2.24, 2.45) is 0 Å². The Balaban J connectivity index is 0.000000163. The van der Waals surface area contributed by atoms with E-state index >= 15 is 0 Å². The SMILES string of the molecule is [Cl][Ru][Cl].[NH-]Cc1ccccn1.c1ccc([PH+](c2ccccc2)[c-]2cccc2)cc1.c1ccc([PH+](c2ccccc2)[c-]2cccc2)cc1. The molecular weight excluding hydrogens is 742 g/mol. The first kappa shape index (κ1) is 36.6. The Labute approximate surface area is 297 Å². The molecule has 0 aliphatic heterocycles. The van der Waals surface area contributed by atoms with Crippen molar-refractivity contribution in [3.05, 3.63) is 206 Å². The fourth-order valence-electron chi connectivity index (χ4n) is 5.00. The van der Waals surface area contributed by atoms with Crippen LogP contribution < -0.4 is 31.8 Å². The van der Waals surface area contributed by atoms with Crippen LogP contribution in [0.3, 0.4) is 0 Å². The van der Waals surface area contributed by atoms with Crippen molar-refractivity contribution in [2.75, 3.05) is 0 Å². The first-order chi connectivity index (χ1) is 23.2. The van der Waals surface area contributed by atoms with Gasteiger partial charge in [-0.2, -0.15) is 0 Å². The van der Waals surface area contributed by atoms with Crippen LogP contribution in [-0.4, -0.2) is 4.98 Å². The summed E-state index contributed by atoms with van der Waals surface area (Å²) < 4.78 is 0. The van der Waals surface area contributed by atoms with Crippen molar-refractivity contribution in [1.82, 2.24) is 4.98 Å². The van der Waals surface area contributed by atoms with Gasteiger partial charge in [0.05, 0.1) is 21.2 Å². The standard InChI is InChI=1S/2C17H15P.C6H7N2.2ClH.Ru/c2*1-3-9-15(10-4-1)18(17-13-7-8-14-17)16-11-5-2-6-12-16;7-5-6-3-1-2-4-8-6;;;/h2*1-14,18H;1-4,7H,5H2;2*1H;/q;;-1;;;+2/p-2. The van der Waals surface area contributed by atoms with Crippen LogP contribution in [0.2, 0.25) is 0 Å². The summed E-state index contributed by atoms with van der Waals surface area (Å²) in [7, 11) is 8.04. The van der Waals surface area contributed by atoms with Crippen molar-refractivity contribution in [2.45, 2.75) is 6.54 Å². The smallest absolute Gasteiger partial charge is 0.0908 e. The molecule has 7 heteroatoms. The van der Waals surface area contributed by atoms with Gasteiger partial charge in [-0.25, -0.2) is 24.3 Å². The minimum atomic E-state index is -0.834. The molecule has 6 aromatic carbocycles. The van der Waals surface area contributed by atoms with Gasteiger partial charge in [0, 0.05) is 27.7 Å². The Bertz CT molecular complexity index is 1550. The number of benzene rings is 4. The number of aromatic nitrogens is 1. The van der Waals surface area contributed by atoms with E-state index in [1.165, 1.54) is 31.8 Å². The zero-order chi connectivity index (χ0) is 32.9. The van der Waals surface area contributed by atoms with Gasteiger partial charge in [-0.15, -0.1) is 30.8 Å². The van der Waals surface area contributed by atoms with Crippen molar-refractivity contribution >= 4 is 67.1 Å². The molecule has 0 spiro atoms. The molecular formula is C40H37Cl2N2P2Ru-. The summed E-state index contributed by atoms with van der Waals surface area (Å²) in [6, 6.07) is 66.4. The number of rotatable bonds is 7. The quantitative estimate of drug-likeness (QED) is 0.0906. The third kappa shape index (κ3) is 12.1. The molecule has 1 aromatic heterocycles. The van der Waals surface area contributed by atoms with Gasteiger partial charge in [0.1, 0.15) is 0 Å². The van der Waals surface area contributed by atoms with Gasteiger partial charge in [0.25, 0.3) is 0 Å². The Morgan fingerprint density at radius 1 is 0.468 bits per heavy atom. The Kier molecular flexibility index (Phi) is 16.8. The number of hydrogen-bond donors (Lipinski definition) is 0. The molecule has 7 rings (SSSR count). The molecule has 0 unspecified atom stereocenters. The summed E-state index contributed by atoms with van der Waals surface area (Å²) in [6.07, 6.45) is 1.70. The topological polar surface area (TPSA) is 36.7 Å². The third-order valence-corrected chi connectivity index (χ3v) is 12.5. The predicted octanol–water partition coefficient (Wildman–Crippen LogP) is 8.80. The van der Waals surface area contributed by atoms with Gasteiger partial charge >= 0.3 is 34.5 Å². The third-order valence-electron chi connectivity index (χ3n) is 7.06. The zero-order valence-corrected chi connectivity index (χ0v) is 31.0. The number of nitrogens with one attached hydrogen (secondary N) is 1. The van der Waals surface area contributed by atoms with E-state index in [2.05, 4.69) is 175 Å². The second-order valence-corrected chi connectivity index (χ2v) is 17.7. The largest absolute Gasteiger partial charge is 0.672 e. The van der Waals surface area contributed by atoms with E-state index in [9.17, 15) is 0 Å². The van der Waals surface area contributed by atoms with E-state index in [1.54, 1.807) is 6.20 Å². The first-order valence-electron chi connectivity index (χ1n) is 15.0. The van der Waals surface area contributed by atoms with Crippen molar-refractivity contribution in [1.29, 1.82) is 0 Å². The molecule has 0 radical (unpaired) electrons. The average Bonchev–Trinajstić information content (AvgIpc) is 3.88. The maximum absolute atomic E-state index is 6.88. The van der Waals surface area contributed by atoms with E-state index < -0.39 is 15.8 Å². The summed E-state index contributed by atoms with van der Waals surface area (Å²) in [5, 5.41) is 8.69. The van der Waals surface area contributed by atoms with Crippen molar-refractivity contribution in [3.63, 3.8) is 0 Å². The fourth-order valence-corrected chi connectivity index (χ4v) is 10.2. The Hall–Kier alpha value is -3.25. The van der Waals surface area contributed by atoms with Crippen LogP contribution in [0.4, 0.5) is 0 Å². The second-order valence-electron chi connectivity index (χ2n) is 10.1. The summed E-state index contributed by atoms with van der Waals surface area (Å²) in [5.74, 6) is 0. The van der Waals surface area contributed by atoms with Crippen molar-refractivity contribution < 1.29 is 15.1 Å². The molecule has 0 fully saturated rings. The molecule has 1 heterocycles. The van der Waals surface area contributed by atoms with E-state index in [1.807, 2.05) is 18.2 Å². The monoisotopic (exact) mass is 779 g/mol. The number of halogens is 2. The molecule has 0 aliphatic rings. The fraction of sp³-hybridized carbons (Fsp3) is 0.0250. The van der Waals surface area contributed by atoms with Gasteiger partial charge in [-0.3, -0.25) is 4.98 Å². The molecule has 7 aromatic rings. The van der Waals surface area contributed by atoms with Crippen LogP contribution in [0.5, 0.6) is 0 Å². The summed E-state index contributed by atoms with van der Waals surface area (Å²) in [5.41, 5.74) is 7.71. The minimum Gasteiger partial charge on any atom is -0.672 e. The van der Waals surface area contributed by atoms with E-state index in [-0.39, 0.29) is 21.7 Å².